The summed E-state index contributed by atoms with van der Waals surface area (Å²) < 4.78 is 14.4. The molecular weight excluding hydrogens is 444 g/mol. The van der Waals surface area contributed by atoms with Crippen LogP contribution in [-0.4, -0.2) is 32.2 Å². The summed E-state index contributed by atoms with van der Waals surface area (Å²) in [4.78, 5) is 34.1. The first-order valence-electron chi connectivity index (χ1n) is 11.7. The first-order valence-corrected chi connectivity index (χ1v) is 11.7. The second-order valence-corrected chi connectivity index (χ2v) is 8.90. The third-order valence-electron chi connectivity index (χ3n) is 6.80. The molecule has 0 saturated heterocycles. The quantitative estimate of drug-likeness (QED) is 0.339. The Morgan fingerprint density at radius 1 is 1.09 bits per heavy atom. The van der Waals surface area contributed by atoms with Crippen LogP contribution in [0.3, 0.4) is 0 Å². The van der Waals surface area contributed by atoms with E-state index in [4.69, 9.17) is 14.1 Å². The molecule has 5 aromatic rings. The fourth-order valence-corrected chi connectivity index (χ4v) is 5.13. The van der Waals surface area contributed by atoms with Crippen molar-refractivity contribution in [3.8, 4) is 11.4 Å². The van der Waals surface area contributed by atoms with Gasteiger partial charge in [-0.15, -0.1) is 0 Å². The predicted molar refractivity (Wildman–Crippen MR) is 131 cm³/mol. The molecule has 1 aliphatic rings. The van der Waals surface area contributed by atoms with Gasteiger partial charge in [0, 0.05) is 11.6 Å². The number of furan rings is 1. The van der Waals surface area contributed by atoms with Crippen LogP contribution in [0.4, 0.5) is 0 Å². The molecule has 1 saturated carbocycles. The molecule has 0 amide bonds. The van der Waals surface area contributed by atoms with Crippen molar-refractivity contribution in [3.63, 3.8) is 0 Å². The first kappa shape index (κ1) is 21.3. The highest BCUT2D eigenvalue weighted by molar-refractivity contribution is 5.94. The molecule has 8 heteroatoms. The van der Waals surface area contributed by atoms with Crippen LogP contribution in [0.15, 0.2) is 70.2 Å². The van der Waals surface area contributed by atoms with Gasteiger partial charge < -0.3 is 18.3 Å². The maximum atomic E-state index is 12.7. The smallest absolute Gasteiger partial charge is 0.337 e. The number of carbonyl (C=O) groups excluding carboxylic acids is 1. The minimum atomic E-state index is -0.408. The van der Waals surface area contributed by atoms with Crippen LogP contribution in [0.5, 0.6) is 0 Å². The van der Waals surface area contributed by atoms with E-state index < -0.39 is 5.97 Å². The van der Waals surface area contributed by atoms with E-state index in [9.17, 15) is 9.59 Å². The summed E-state index contributed by atoms with van der Waals surface area (Å²) in [5.74, 6) is 1.10. The van der Waals surface area contributed by atoms with Crippen LogP contribution in [0.1, 0.15) is 47.8 Å². The number of imidazole rings is 1. The number of esters is 1. The molecule has 2 aromatic carbocycles. The molecule has 1 aliphatic carbocycles. The molecule has 3 aromatic heterocycles. The number of methoxy groups -OCH3 is 1. The second-order valence-electron chi connectivity index (χ2n) is 8.90. The van der Waals surface area contributed by atoms with Crippen LogP contribution in [0.2, 0.25) is 0 Å². The molecule has 0 unspecified atom stereocenters. The molecule has 3 heterocycles. The maximum absolute atomic E-state index is 12.7. The Morgan fingerprint density at radius 3 is 2.69 bits per heavy atom. The third-order valence-corrected chi connectivity index (χ3v) is 6.80. The minimum Gasteiger partial charge on any atom is -0.467 e. The summed E-state index contributed by atoms with van der Waals surface area (Å²) in [6, 6.07) is 15.3. The van der Waals surface area contributed by atoms with Crippen LogP contribution in [0.25, 0.3) is 33.5 Å². The monoisotopic (exact) mass is 468 g/mol. The van der Waals surface area contributed by atoms with Crippen molar-refractivity contribution in [3.05, 3.63) is 82.7 Å². The Balaban J connectivity index is 1.52. The number of ether oxygens (including phenoxy) is 1. The highest BCUT2D eigenvalue weighted by atomic mass is 16.5. The zero-order chi connectivity index (χ0) is 23.9. The summed E-state index contributed by atoms with van der Waals surface area (Å²) in [5, 5.41) is 0. The van der Waals surface area contributed by atoms with Crippen molar-refractivity contribution in [2.75, 3.05) is 7.11 Å². The van der Waals surface area contributed by atoms with Gasteiger partial charge in [-0.1, -0.05) is 12.8 Å². The number of benzene rings is 2. The van der Waals surface area contributed by atoms with Crippen molar-refractivity contribution < 1.29 is 13.9 Å². The number of hydrogen-bond acceptors (Lipinski definition) is 6. The zero-order valence-electron chi connectivity index (χ0n) is 19.3. The molecule has 0 N–H and O–H groups in total. The van der Waals surface area contributed by atoms with Gasteiger partial charge in [-0.05, 0) is 61.4 Å². The maximum Gasteiger partial charge on any atom is 0.337 e. The van der Waals surface area contributed by atoms with E-state index >= 15 is 0 Å². The molecule has 0 aliphatic heterocycles. The molecule has 176 valence electrons. The molecule has 6 rings (SSSR count). The molecule has 0 atom stereocenters. The van der Waals surface area contributed by atoms with Gasteiger partial charge in [-0.3, -0.25) is 4.79 Å². The highest BCUT2D eigenvalue weighted by Crippen LogP contribution is 2.32. The lowest BCUT2D eigenvalue weighted by atomic mass is 10.1. The summed E-state index contributed by atoms with van der Waals surface area (Å²) in [5.41, 5.74) is 4.39. The summed E-state index contributed by atoms with van der Waals surface area (Å²) in [6.07, 6.45) is 7.38. The molecule has 35 heavy (non-hydrogen) atoms. The number of rotatable bonds is 5. The fourth-order valence-electron chi connectivity index (χ4n) is 5.13. The minimum absolute atomic E-state index is 0.0578. The molecule has 1 fully saturated rings. The predicted octanol–water partition coefficient (Wildman–Crippen LogP) is 4.96. The van der Waals surface area contributed by atoms with E-state index in [2.05, 4.69) is 9.55 Å². The molecule has 0 spiro atoms. The Hall–Kier alpha value is -4.20. The van der Waals surface area contributed by atoms with Crippen LogP contribution in [0, 0.1) is 0 Å². The van der Waals surface area contributed by atoms with E-state index in [0.717, 1.165) is 59.4 Å². The van der Waals surface area contributed by atoms with Crippen molar-refractivity contribution in [2.45, 2.75) is 38.3 Å². The van der Waals surface area contributed by atoms with E-state index in [0.29, 0.717) is 17.6 Å². The lowest BCUT2D eigenvalue weighted by molar-refractivity contribution is 0.0601. The number of carbonyl (C=O) groups is 1. The van der Waals surface area contributed by atoms with Gasteiger partial charge >= 0.3 is 5.97 Å². The lowest BCUT2D eigenvalue weighted by Crippen LogP contribution is -2.23. The van der Waals surface area contributed by atoms with Gasteiger partial charge in [0.1, 0.15) is 11.6 Å². The van der Waals surface area contributed by atoms with Gasteiger partial charge in [0.25, 0.3) is 5.56 Å². The molecule has 0 bridgehead atoms. The standard InChI is InChI=1S/C27H24N4O4/c1-34-27(33)18-9-10-23-22(14-18)29-26(30(23)16-20-7-4-12-35-20)17-8-11-24-21(13-17)28-15-25(32)31(24)19-5-2-3-6-19/h4,7-15,19H,2-3,5-6,16H2,1H3. The number of nitrogens with zero attached hydrogens (tertiary/aromatic N) is 4. The van der Waals surface area contributed by atoms with Crippen molar-refractivity contribution in [1.82, 2.24) is 19.1 Å². The average Bonchev–Trinajstić information content (AvgIpc) is 3.65. The van der Waals surface area contributed by atoms with Crippen LogP contribution < -0.4 is 5.56 Å². The number of hydrogen-bond donors (Lipinski definition) is 0. The van der Waals surface area contributed by atoms with Gasteiger partial charge in [0.2, 0.25) is 0 Å². The first-order chi connectivity index (χ1) is 17.1. The topological polar surface area (TPSA) is 92.2 Å². The Bertz CT molecular complexity index is 1610. The van der Waals surface area contributed by atoms with Gasteiger partial charge in [0.15, 0.2) is 0 Å². The van der Waals surface area contributed by atoms with Crippen molar-refractivity contribution >= 4 is 28.0 Å². The highest BCUT2D eigenvalue weighted by Gasteiger charge is 2.21. The van der Waals surface area contributed by atoms with E-state index in [1.54, 1.807) is 18.4 Å². The Morgan fingerprint density at radius 2 is 1.91 bits per heavy atom. The fraction of sp³-hybridized carbons (Fsp3) is 0.259. The summed E-state index contributed by atoms with van der Waals surface area (Å²) in [6.45, 7) is 0.476. The number of aromatic nitrogens is 4. The van der Waals surface area contributed by atoms with Crippen molar-refractivity contribution in [1.29, 1.82) is 0 Å². The van der Waals surface area contributed by atoms with E-state index in [1.807, 2.05) is 41.0 Å². The lowest BCUT2D eigenvalue weighted by Gasteiger charge is -2.16. The largest absolute Gasteiger partial charge is 0.467 e. The number of fused-ring (bicyclic) bond motifs is 2. The zero-order valence-corrected chi connectivity index (χ0v) is 19.3. The normalized spacial score (nSPS) is 14.2. The summed E-state index contributed by atoms with van der Waals surface area (Å²) in [7, 11) is 1.36. The van der Waals surface area contributed by atoms with E-state index in [-0.39, 0.29) is 11.6 Å². The third kappa shape index (κ3) is 3.71. The van der Waals surface area contributed by atoms with Gasteiger partial charge in [-0.2, -0.15) is 0 Å². The van der Waals surface area contributed by atoms with Gasteiger partial charge in [0.05, 0.1) is 53.7 Å². The van der Waals surface area contributed by atoms with Crippen molar-refractivity contribution in [2.24, 2.45) is 0 Å². The second kappa shape index (κ2) is 8.54. The van der Waals surface area contributed by atoms with Gasteiger partial charge in [-0.25, -0.2) is 14.8 Å². The van der Waals surface area contributed by atoms with E-state index in [1.165, 1.54) is 13.3 Å². The van der Waals surface area contributed by atoms with Crippen LogP contribution in [-0.2, 0) is 11.3 Å². The Labute approximate surface area is 200 Å². The molecule has 0 radical (unpaired) electrons. The average molecular weight is 469 g/mol. The Kier molecular flexibility index (Phi) is 5.21. The van der Waals surface area contributed by atoms with Crippen LogP contribution >= 0.6 is 0 Å². The molecular formula is C27H24N4O4. The summed E-state index contributed by atoms with van der Waals surface area (Å²) >= 11 is 0. The molecule has 8 nitrogen and oxygen atoms in total. The SMILES string of the molecule is COC(=O)c1ccc2c(c1)nc(-c1ccc3c(c1)ncc(=O)n3C1CCCC1)n2Cc1ccco1.